The van der Waals surface area contributed by atoms with Gasteiger partial charge in [0.1, 0.15) is 12.0 Å². The highest BCUT2D eigenvalue weighted by molar-refractivity contribution is 6.30. The first-order valence-electron chi connectivity index (χ1n) is 6.63. The van der Waals surface area contributed by atoms with Crippen molar-refractivity contribution in [3.63, 3.8) is 0 Å². The van der Waals surface area contributed by atoms with Crippen LogP contribution in [-0.2, 0) is 9.53 Å². The molecule has 0 aliphatic carbocycles. The summed E-state index contributed by atoms with van der Waals surface area (Å²) in [6.07, 6.45) is 1.26. The molecule has 0 saturated carbocycles. The van der Waals surface area contributed by atoms with Crippen LogP contribution in [0.15, 0.2) is 60.6 Å². The van der Waals surface area contributed by atoms with Crippen LogP contribution >= 0.6 is 11.6 Å². The third-order valence-electron chi connectivity index (χ3n) is 2.86. The number of hydrogen-bond donors (Lipinski definition) is 1. The molecule has 0 bridgehead atoms. The summed E-state index contributed by atoms with van der Waals surface area (Å²) >= 11 is 5.82. The minimum absolute atomic E-state index is 0.0618. The molecule has 5 heteroatoms. The Bertz CT molecular complexity index is 681. The van der Waals surface area contributed by atoms with Crippen LogP contribution in [0.3, 0.4) is 0 Å². The summed E-state index contributed by atoms with van der Waals surface area (Å²) in [5.41, 5.74) is 1.54. The second-order valence-electron chi connectivity index (χ2n) is 4.55. The van der Waals surface area contributed by atoms with Crippen LogP contribution in [0.2, 0.25) is 5.02 Å². The maximum atomic E-state index is 12.3. The van der Waals surface area contributed by atoms with Crippen LogP contribution in [0.4, 0.5) is 5.69 Å². The molecule has 114 valence electrons. The fraction of sp³-hybridized carbons (Fsp3) is 0.118. The average Bonchev–Trinajstić information content (AvgIpc) is 2.51. The second kappa shape index (κ2) is 7.52. The smallest absolute Gasteiger partial charge is 0.294 e. The first kappa shape index (κ1) is 15.9. The molecular weight excluding hydrogens is 302 g/mol. The Balaban J connectivity index is 2.14. The van der Waals surface area contributed by atoms with E-state index < -0.39 is 5.91 Å². The van der Waals surface area contributed by atoms with E-state index >= 15 is 0 Å². The molecule has 0 saturated heterocycles. The lowest BCUT2D eigenvalue weighted by Crippen LogP contribution is -2.18. The molecule has 0 spiro atoms. The number of ether oxygens (including phenoxy) is 2. The van der Waals surface area contributed by atoms with Crippen LogP contribution in [-0.4, -0.2) is 13.0 Å². The van der Waals surface area contributed by atoms with Crippen LogP contribution in [0.1, 0.15) is 5.56 Å². The third kappa shape index (κ3) is 4.27. The predicted molar refractivity (Wildman–Crippen MR) is 87.0 cm³/mol. The van der Waals surface area contributed by atoms with Crippen molar-refractivity contribution in [1.29, 1.82) is 0 Å². The zero-order chi connectivity index (χ0) is 15.9. The van der Waals surface area contributed by atoms with Crippen LogP contribution in [0.25, 0.3) is 0 Å². The highest BCUT2D eigenvalue weighted by Gasteiger charge is 2.14. The Labute approximate surface area is 134 Å². The van der Waals surface area contributed by atoms with Crippen molar-refractivity contribution in [2.45, 2.75) is 6.92 Å². The fourth-order valence-electron chi connectivity index (χ4n) is 1.75. The van der Waals surface area contributed by atoms with E-state index in [1.165, 1.54) is 13.4 Å². The second-order valence-corrected chi connectivity index (χ2v) is 4.98. The number of para-hydroxylation sites is 1. The van der Waals surface area contributed by atoms with E-state index in [0.29, 0.717) is 16.5 Å². The van der Waals surface area contributed by atoms with E-state index in [4.69, 9.17) is 21.1 Å². The van der Waals surface area contributed by atoms with E-state index in [9.17, 15) is 4.79 Å². The van der Waals surface area contributed by atoms with Gasteiger partial charge >= 0.3 is 0 Å². The van der Waals surface area contributed by atoms with E-state index in [0.717, 1.165) is 5.56 Å². The van der Waals surface area contributed by atoms with Gasteiger partial charge in [-0.25, -0.2) is 0 Å². The Morgan fingerprint density at radius 3 is 2.45 bits per heavy atom. The lowest BCUT2D eigenvalue weighted by atomic mass is 10.2. The molecule has 0 heterocycles. The molecule has 1 N–H and O–H groups in total. The molecule has 1 amide bonds. The van der Waals surface area contributed by atoms with Gasteiger partial charge in [0.05, 0.1) is 7.11 Å². The lowest BCUT2D eigenvalue weighted by molar-refractivity contribution is -0.115. The molecule has 0 aromatic heterocycles. The number of methoxy groups -OCH3 is 1. The summed E-state index contributed by atoms with van der Waals surface area (Å²) < 4.78 is 10.6. The molecular formula is C17H16ClNO3. The maximum Gasteiger partial charge on any atom is 0.294 e. The van der Waals surface area contributed by atoms with Gasteiger partial charge < -0.3 is 14.8 Å². The summed E-state index contributed by atoms with van der Waals surface area (Å²) in [5.74, 6) is 0.247. The molecule has 0 atom stereocenters. The van der Waals surface area contributed by atoms with E-state index in [1.807, 2.05) is 25.1 Å². The van der Waals surface area contributed by atoms with E-state index in [1.54, 1.807) is 30.3 Å². The Morgan fingerprint density at radius 2 is 1.82 bits per heavy atom. The van der Waals surface area contributed by atoms with Crippen LogP contribution < -0.4 is 10.1 Å². The zero-order valence-electron chi connectivity index (χ0n) is 12.3. The van der Waals surface area contributed by atoms with Gasteiger partial charge in [0.15, 0.2) is 0 Å². The van der Waals surface area contributed by atoms with Crippen molar-refractivity contribution in [2.24, 2.45) is 0 Å². The topological polar surface area (TPSA) is 47.6 Å². The summed E-state index contributed by atoms with van der Waals surface area (Å²) in [5, 5.41) is 3.32. The van der Waals surface area contributed by atoms with Crippen molar-refractivity contribution < 1.29 is 14.3 Å². The van der Waals surface area contributed by atoms with Gasteiger partial charge in [-0.3, -0.25) is 4.79 Å². The predicted octanol–water partition coefficient (Wildman–Crippen LogP) is 4.15. The molecule has 2 rings (SSSR count). The van der Waals surface area contributed by atoms with Gasteiger partial charge in [-0.1, -0.05) is 29.8 Å². The van der Waals surface area contributed by atoms with Gasteiger partial charge in [-0.2, -0.15) is 0 Å². The molecule has 0 aliphatic heterocycles. The van der Waals surface area contributed by atoms with Crippen LogP contribution in [0, 0.1) is 6.92 Å². The molecule has 4 nitrogen and oxygen atoms in total. The van der Waals surface area contributed by atoms with Gasteiger partial charge in [-0.15, -0.1) is 0 Å². The summed E-state index contributed by atoms with van der Waals surface area (Å²) in [6.45, 7) is 1.90. The quantitative estimate of drug-likeness (QED) is 0.665. The number of halogens is 1. The number of aryl methyl sites for hydroxylation is 1. The van der Waals surface area contributed by atoms with Crippen LogP contribution in [0.5, 0.6) is 5.75 Å². The first-order valence-corrected chi connectivity index (χ1v) is 7.01. The average molecular weight is 318 g/mol. The highest BCUT2D eigenvalue weighted by Crippen LogP contribution is 2.20. The highest BCUT2D eigenvalue weighted by atomic mass is 35.5. The molecule has 2 aromatic carbocycles. The number of carbonyl (C=O) groups is 1. The molecule has 0 fully saturated rings. The molecule has 22 heavy (non-hydrogen) atoms. The van der Waals surface area contributed by atoms with Gasteiger partial charge in [0.25, 0.3) is 5.91 Å². The number of anilines is 1. The van der Waals surface area contributed by atoms with Crippen molar-refractivity contribution in [3.8, 4) is 5.75 Å². The van der Waals surface area contributed by atoms with Crippen molar-refractivity contribution in [1.82, 2.24) is 0 Å². The fourth-order valence-corrected chi connectivity index (χ4v) is 1.87. The van der Waals surface area contributed by atoms with E-state index in [2.05, 4.69) is 5.32 Å². The van der Waals surface area contributed by atoms with Crippen molar-refractivity contribution in [3.05, 3.63) is 71.1 Å². The molecule has 0 radical (unpaired) electrons. The first-order chi connectivity index (χ1) is 10.6. The minimum Gasteiger partial charge on any atom is -0.500 e. The molecule has 0 aliphatic rings. The summed E-state index contributed by atoms with van der Waals surface area (Å²) in [4.78, 5) is 12.3. The summed E-state index contributed by atoms with van der Waals surface area (Å²) in [6, 6.07) is 14.2. The summed E-state index contributed by atoms with van der Waals surface area (Å²) in [7, 11) is 1.46. The third-order valence-corrected chi connectivity index (χ3v) is 3.12. The minimum atomic E-state index is -0.410. The largest absolute Gasteiger partial charge is 0.500 e. The number of hydrogen-bond acceptors (Lipinski definition) is 3. The SMILES string of the molecule is CO/C=C(\Oc1ccccc1C)C(=O)Nc1ccc(Cl)cc1. The lowest BCUT2D eigenvalue weighted by Gasteiger charge is -2.12. The number of benzene rings is 2. The number of nitrogens with one attached hydrogen (secondary N) is 1. The Morgan fingerprint density at radius 1 is 1.14 bits per heavy atom. The van der Waals surface area contributed by atoms with Crippen molar-refractivity contribution in [2.75, 3.05) is 12.4 Å². The van der Waals surface area contributed by atoms with Crippen molar-refractivity contribution >= 4 is 23.2 Å². The normalized spacial score (nSPS) is 11.0. The number of amides is 1. The maximum absolute atomic E-state index is 12.3. The zero-order valence-corrected chi connectivity index (χ0v) is 13.1. The number of carbonyl (C=O) groups excluding carboxylic acids is 1. The van der Waals surface area contributed by atoms with Gasteiger partial charge in [-0.05, 0) is 42.8 Å². The van der Waals surface area contributed by atoms with Gasteiger partial charge in [0.2, 0.25) is 5.76 Å². The molecule has 2 aromatic rings. The Kier molecular flexibility index (Phi) is 5.44. The van der Waals surface area contributed by atoms with E-state index in [-0.39, 0.29) is 5.76 Å². The van der Waals surface area contributed by atoms with Gasteiger partial charge in [0, 0.05) is 10.7 Å². The monoisotopic (exact) mass is 317 g/mol. The Hall–Kier alpha value is -2.46. The molecule has 0 unspecified atom stereocenters. The standard InChI is InChI=1S/C17H16ClNO3/c1-12-5-3-4-6-15(12)22-16(11-21-2)17(20)19-14-9-7-13(18)8-10-14/h3-11H,1-2H3,(H,19,20)/b16-11-. The number of rotatable bonds is 5.